The second-order valence-corrected chi connectivity index (χ2v) is 4.09. The van der Waals surface area contributed by atoms with Crippen molar-refractivity contribution in [1.29, 1.82) is 0 Å². The smallest absolute Gasteiger partial charge is 0.0584 e. The Labute approximate surface area is 92.3 Å². The fourth-order valence-corrected chi connectivity index (χ4v) is 1.60. The van der Waals surface area contributed by atoms with Crippen molar-refractivity contribution < 1.29 is 5.11 Å². The number of aryl methyl sites for hydroxylation is 1. The summed E-state index contributed by atoms with van der Waals surface area (Å²) >= 11 is 0. The highest BCUT2D eigenvalue weighted by Gasteiger charge is 2.10. The summed E-state index contributed by atoms with van der Waals surface area (Å²) in [6, 6.07) is 9.00. The van der Waals surface area contributed by atoms with Crippen LogP contribution in [0.5, 0.6) is 0 Å². The maximum atomic E-state index is 9.10. The van der Waals surface area contributed by atoms with Crippen molar-refractivity contribution >= 4 is 0 Å². The third-order valence-corrected chi connectivity index (χ3v) is 2.78. The molecule has 0 bridgehead atoms. The molecule has 1 rings (SSSR count). The zero-order chi connectivity index (χ0) is 11.3. The molecular formula is C13H21NO. The molecule has 0 amide bonds. The number of nitrogens with one attached hydrogen (secondary N) is 1. The van der Waals surface area contributed by atoms with Crippen LogP contribution in [0.4, 0.5) is 0 Å². The summed E-state index contributed by atoms with van der Waals surface area (Å²) in [5.41, 5.74) is 2.55. The molecule has 0 spiro atoms. The molecule has 1 unspecified atom stereocenters. The predicted molar refractivity (Wildman–Crippen MR) is 63.9 cm³/mol. The van der Waals surface area contributed by atoms with Gasteiger partial charge >= 0.3 is 0 Å². The van der Waals surface area contributed by atoms with Crippen LogP contribution in [0.3, 0.4) is 0 Å². The molecule has 0 saturated heterocycles. The van der Waals surface area contributed by atoms with Crippen molar-refractivity contribution in [3.05, 3.63) is 35.4 Å². The van der Waals surface area contributed by atoms with E-state index in [9.17, 15) is 0 Å². The molecule has 1 aromatic rings. The Hall–Kier alpha value is -0.860. The molecule has 0 fully saturated rings. The van der Waals surface area contributed by atoms with Gasteiger partial charge in [0, 0.05) is 12.1 Å². The normalized spacial score (nSPS) is 14.9. The zero-order valence-electron chi connectivity index (χ0n) is 9.83. The predicted octanol–water partition coefficient (Wildman–Crippen LogP) is 2.42. The maximum absolute atomic E-state index is 9.10. The lowest BCUT2D eigenvalue weighted by Gasteiger charge is -2.20. The van der Waals surface area contributed by atoms with Gasteiger partial charge in [0.25, 0.3) is 0 Å². The van der Waals surface area contributed by atoms with Crippen molar-refractivity contribution in [1.82, 2.24) is 5.32 Å². The Morgan fingerprint density at radius 2 is 1.87 bits per heavy atom. The molecule has 2 N–H and O–H groups in total. The lowest BCUT2D eigenvalue weighted by Crippen LogP contribution is -2.33. The average Bonchev–Trinajstić information content (AvgIpc) is 2.26. The highest BCUT2D eigenvalue weighted by atomic mass is 16.3. The molecule has 2 nitrogen and oxygen atoms in total. The van der Waals surface area contributed by atoms with E-state index in [-0.39, 0.29) is 12.6 Å². The Balaban J connectivity index is 2.60. The molecule has 2 heteroatoms. The third-order valence-electron chi connectivity index (χ3n) is 2.78. The second-order valence-electron chi connectivity index (χ2n) is 4.09. The van der Waals surface area contributed by atoms with E-state index in [0.717, 1.165) is 6.42 Å². The topological polar surface area (TPSA) is 32.3 Å². The van der Waals surface area contributed by atoms with E-state index < -0.39 is 0 Å². The molecule has 84 valence electrons. The van der Waals surface area contributed by atoms with Gasteiger partial charge in [0.1, 0.15) is 0 Å². The SMILES string of the molecule is CC[C@@H](CO)NC(C)c1ccc(C)cc1. The highest BCUT2D eigenvalue weighted by Crippen LogP contribution is 2.14. The fraction of sp³-hybridized carbons (Fsp3) is 0.538. The van der Waals surface area contributed by atoms with Crippen LogP contribution >= 0.6 is 0 Å². The van der Waals surface area contributed by atoms with Crippen LogP contribution in [0.1, 0.15) is 37.4 Å². The summed E-state index contributed by atoms with van der Waals surface area (Å²) in [4.78, 5) is 0. The number of rotatable bonds is 5. The van der Waals surface area contributed by atoms with E-state index in [2.05, 4.69) is 50.4 Å². The minimum atomic E-state index is 0.196. The molecule has 0 saturated carbocycles. The van der Waals surface area contributed by atoms with E-state index in [1.807, 2.05) is 0 Å². The summed E-state index contributed by atoms with van der Waals surface area (Å²) in [5, 5.41) is 12.5. The van der Waals surface area contributed by atoms with E-state index in [0.29, 0.717) is 6.04 Å². The Kier molecular flexibility index (Phi) is 4.79. The quantitative estimate of drug-likeness (QED) is 0.777. The molecule has 1 aromatic carbocycles. The van der Waals surface area contributed by atoms with Crippen molar-refractivity contribution in [2.75, 3.05) is 6.61 Å². The minimum Gasteiger partial charge on any atom is -0.395 e. The second kappa shape index (κ2) is 5.89. The summed E-state index contributed by atoms with van der Waals surface area (Å²) in [5.74, 6) is 0. The van der Waals surface area contributed by atoms with Gasteiger partial charge in [-0.2, -0.15) is 0 Å². The van der Waals surface area contributed by atoms with Crippen LogP contribution in [0, 0.1) is 6.92 Å². The van der Waals surface area contributed by atoms with Crippen molar-refractivity contribution in [2.24, 2.45) is 0 Å². The minimum absolute atomic E-state index is 0.196. The molecule has 0 aromatic heterocycles. The van der Waals surface area contributed by atoms with E-state index in [1.165, 1.54) is 11.1 Å². The maximum Gasteiger partial charge on any atom is 0.0584 e. The van der Waals surface area contributed by atoms with Crippen molar-refractivity contribution in [3.63, 3.8) is 0 Å². The summed E-state index contributed by atoms with van der Waals surface area (Å²) in [6.45, 7) is 6.50. The first-order valence-corrected chi connectivity index (χ1v) is 5.60. The number of hydrogen-bond donors (Lipinski definition) is 2. The first kappa shape index (κ1) is 12.2. The Morgan fingerprint density at radius 3 is 2.33 bits per heavy atom. The number of benzene rings is 1. The van der Waals surface area contributed by atoms with Crippen LogP contribution in [-0.4, -0.2) is 17.8 Å². The van der Waals surface area contributed by atoms with Gasteiger partial charge < -0.3 is 10.4 Å². The van der Waals surface area contributed by atoms with Crippen molar-refractivity contribution in [3.8, 4) is 0 Å². The van der Waals surface area contributed by atoms with Gasteiger partial charge in [0.05, 0.1) is 6.61 Å². The fourth-order valence-electron chi connectivity index (χ4n) is 1.60. The van der Waals surface area contributed by atoms with Gasteiger partial charge in [0.15, 0.2) is 0 Å². The first-order chi connectivity index (χ1) is 7.17. The van der Waals surface area contributed by atoms with Gasteiger partial charge in [-0.3, -0.25) is 0 Å². The highest BCUT2D eigenvalue weighted by molar-refractivity contribution is 5.23. The molecule has 15 heavy (non-hydrogen) atoms. The van der Waals surface area contributed by atoms with Crippen LogP contribution in [0.25, 0.3) is 0 Å². The van der Waals surface area contributed by atoms with Crippen LogP contribution in [-0.2, 0) is 0 Å². The Morgan fingerprint density at radius 1 is 1.27 bits per heavy atom. The van der Waals surface area contributed by atoms with Crippen LogP contribution in [0.15, 0.2) is 24.3 Å². The van der Waals surface area contributed by atoms with Gasteiger partial charge in [-0.05, 0) is 25.8 Å². The van der Waals surface area contributed by atoms with Gasteiger partial charge in [-0.15, -0.1) is 0 Å². The molecular weight excluding hydrogens is 186 g/mol. The number of aliphatic hydroxyl groups excluding tert-OH is 1. The van der Waals surface area contributed by atoms with Crippen molar-refractivity contribution in [2.45, 2.75) is 39.3 Å². The summed E-state index contributed by atoms with van der Waals surface area (Å²) < 4.78 is 0. The largest absolute Gasteiger partial charge is 0.395 e. The Bertz CT molecular complexity index is 277. The van der Waals surface area contributed by atoms with Crippen LogP contribution in [0.2, 0.25) is 0 Å². The van der Waals surface area contributed by atoms with Gasteiger partial charge in [0.2, 0.25) is 0 Å². The lowest BCUT2D eigenvalue weighted by atomic mass is 10.1. The summed E-state index contributed by atoms with van der Waals surface area (Å²) in [6.07, 6.45) is 0.951. The van der Waals surface area contributed by atoms with E-state index in [1.54, 1.807) is 0 Å². The molecule has 0 radical (unpaired) electrons. The van der Waals surface area contributed by atoms with E-state index in [4.69, 9.17) is 5.11 Å². The average molecular weight is 207 g/mol. The standard InChI is InChI=1S/C13H21NO/c1-4-13(9-15)14-11(3)12-7-5-10(2)6-8-12/h5-8,11,13-15H,4,9H2,1-3H3/t11?,13-/m0/s1. The monoisotopic (exact) mass is 207 g/mol. The van der Waals surface area contributed by atoms with E-state index >= 15 is 0 Å². The first-order valence-electron chi connectivity index (χ1n) is 5.60. The van der Waals surface area contributed by atoms with Gasteiger partial charge in [-0.1, -0.05) is 36.8 Å². The molecule has 0 aliphatic carbocycles. The summed E-state index contributed by atoms with van der Waals surface area (Å²) in [7, 11) is 0. The molecule has 0 aliphatic rings. The number of hydrogen-bond acceptors (Lipinski definition) is 2. The lowest BCUT2D eigenvalue weighted by molar-refractivity contribution is 0.230. The molecule has 0 aliphatic heterocycles. The molecule has 2 atom stereocenters. The van der Waals surface area contributed by atoms with Crippen LogP contribution < -0.4 is 5.32 Å². The zero-order valence-corrected chi connectivity index (χ0v) is 9.83. The van der Waals surface area contributed by atoms with Gasteiger partial charge in [-0.25, -0.2) is 0 Å². The molecule has 0 heterocycles. The third kappa shape index (κ3) is 3.65. The number of aliphatic hydroxyl groups is 1.